The van der Waals surface area contributed by atoms with E-state index >= 15 is 0 Å². The third-order valence-corrected chi connectivity index (χ3v) is 8.40. The zero-order chi connectivity index (χ0) is 18.6. The fraction of sp³-hybridized carbons (Fsp3) is 0.545. The first-order valence-corrected chi connectivity index (χ1v) is 14.9. The first-order chi connectivity index (χ1) is 13.2. The first-order valence-electron chi connectivity index (χ1n) is 10.0. The normalized spacial score (nSPS) is 27.9. The molecule has 0 N–H and O–H groups in total. The molecule has 2 aromatic rings. The monoisotopic (exact) mass is 514 g/mol. The molecule has 27 heavy (non-hydrogen) atoms. The molecule has 0 amide bonds. The van der Waals surface area contributed by atoms with E-state index in [1.54, 1.807) is 0 Å². The Morgan fingerprint density at radius 1 is 1.30 bits per heavy atom. The largest absolute Gasteiger partial charge is 0.375 e. The Labute approximate surface area is 181 Å². The highest BCUT2D eigenvalue weighted by Crippen LogP contribution is 2.40. The zero-order valence-electron chi connectivity index (χ0n) is 15.8. The SMILES string of the molecule is CC(O[C@@H]1CC(/C=C/Cc2cc3ccccc3s2)[C@H](OPI)C1)C1CCC1. The summed E-state index contributed by atoms with van der Waals surface area (Å²) in [6.07, 6.45) is 13.1. The number of halogens is 1. The summed E-state index contributed by atoms with van der Waals surface area (Å²) >= 11 is 4.25. The number of benzene rings is 1. The van der Waals surface area contributed by atoms with E-state index in [9.17, 15) is 0 Å². The number of fused-ring (bicyclic) bond motifs is 1. The van der Waals surface area contributed by atoms with Crippen molar-refractivity contribution in [1.82, 2.24) is 0 Å². The molecule has 2 nitrogen and oxygen atoms in total. The van der Waals surface area contributed by atoms with Crippen LogP contribution in [0.25, 0.3) is 10.1 Å². The Morgan fingerprint density at radius 3 is 2.89 bits per heavy atom. The van der Waals surface area contributed by atoms with Gasteiger partial charge in [0.1, 0.15) is 0 Å². The van der Waals surface area contributed by atoms with Crippen LogP contribution in [0.15, 0.2) is 42.5 Å². The molecule has 1 aromatic carbocycles. The van der Waals surface area contributed by atoms with Gasteiger partial charge in [-0.15, -0.1) is 11.3 Å². The maximum atomic E-state index is 6.42. The van der Waals surface area contributed by atoms with Crippen molar-refractivity contribution in [2.24, 2.45) is 11.8 Å². The summed E-state index contributed by atoms with van der Waals surface area (Å²) in [7, 11) is 0. The molecule has 0 bridgehead atoms. The van der Waals surface area contributed by atoms with Crippen LogP contribution in [0.1, 0.15) is 43.9 Å². The van der Waals surface area contributed by atoms with Gasteiger partial charge in [0.15, 0.2) is 0 Å². The van der Waals surface area contributed by atoms with Gasteiger partial charge in [-0.3, -0.25) is 0 Å². The van der Waals surface area contributed by atoms with Gasteiger partial charge in [-0.2, -0.15) is 0 Å². The second kappa shape index (κ2) is 9.67. The summed E-state index contributed by atoms with van der Waals surface area (Å²) < 4.78 is 13.9. The van der Waals surface area contributed by atoms with Crippen molar-refractivity contribution in [2.75, 3.05) is 0 Å². The highest BCUT2D eigenvalue weighted by molar-refractivity contribution is 14.2. The molecule has 1 aromatic heterocycles. The average molecular weight is 514 g/mol. The number of thiophene rings is 1. The van der Waals surface area contributed by atoms with Crippen LogP contribution in [0.4, 0.5) is 0 Å². The number of rotatable bonds is 8. The van der Waals surface area contributed by atoms with E-state index in [2.05, 4.69) is 71.4 Å². The lowest BCUT2D eigenvalue weighted by atomic mass is 9.81. The third-order valence-electron chi connectivity index (χ3n) is 6.10. The third kappa shape index (κ3) is 5.14. The van der Waals surface area contributed by atoms with Crippen LogP contribution in [-0.2, 0) is 15.7 Å². The summed E-state index contributed by atoms with van der Waals surface area (Å²) in [5.74, 6) is 1.28. The molecule has 0 spiro atoms. The molecule has 0 saturated heterocycles. The fourth-order valence-electron chi connectivity index (χ4n) is 4.31. The fourth-order valence-corrected chi connectivity index (χ4v) is 6.72. The van der Waals surface area contributed by atoms with Crippen LogP contribution in [0.5, 0.6) is 0 Å². The average Bonchev–Trinajstić information content (AvgIpc) is 3.17. The molecule has 2 saturated carbocycles. The van der Waals surface area contributed by atoms with E-state index in [1.165, 1.54) is 34.2 Å². The molecule has 0 aliphatic heterocycles. The Balaban J connectivity index is 1.34. The minimum atomic E-state index is 0.317. The molecule has 2 aliphatic carbocycles. The Kier molecular flexibility index (Phi) is 7.26. The van der Waals surface area contributed by atoms with Gasteiger partial charge >= 0.3 is 0 Å². The predicted molar refractivity (Wildman–Crippen MR) is 126 cm³/mol. The van der Waals surface area contributed by atoms with Crippen LogP contribution in [0.2, 0.25) is 0 Å². The van der Waals surface area contributed by atoms with Gasteiger partial charge in [-0.05, 0) is 78.1 Å². The number of allylic oxidation sites excluding steroid dienone is 1. The van der Waals surface area contributed by atoms with E-state index in [1.807, 2.05) is 11.3 Å². The lowest BCUT2D eigenvalue weighted by molar-refractivity contribution is -0.0507. The minimum absolute atomic E-state index is 0.317. The lowest BCUT2D eigenvalue weighted by Crippen LogP contribution is -2.30. The molecule has 5 atom stereocenters. The van der Waals surface area contributed by atoms with Gasteiger partial charge in [0.2, 0.25) is 0 Å². The molecular weight excluding hydrogens is 486 g/mol. The molecule has 5 heteroatoms. The summed E-state index contributed by atoms with van der Waals surface area (Å²) in [5.41, 5.74) is 0. The summed E-state index contributed by atoms with van der Waals surface area (Å²) in [5, 5.41) is 1.36. The second-order valence-corrected chi connectivity index (χ2v) is 10.8. The molecule has 1 heterocycles. The Bertz CT molecular complexity index is 740. The van der Waals surface area contributed by atoms with Crippen LogP contribution in [0, 0.1) is 11.8 Å². The predicted octanol–water partition coefficient (Wildman–Crippen LogP) is 7.31. The van der Waals surface area contributed by atoms with E-state index in [0.29, 0.717) is 30.7 Å². The Morgan fingerprint density at radius 2 is 2.15 bits per heavy atom. The van der Waals surface area contributed by atoms with E-state index in [4.69, 9.17) is 9.26 Å². The number of hydrogen-bond donors (Lipinski definition) is 0. The molecular formula is C22H28IO2PS. The highest BCUT2D eigenvalue weighted by Gasteiger charge is 2.36. The van der Waals surface area contributed by atoms with Gasteiger partial charge < -0.3 is 9.26 Å². The van der Waals surface area contributed by atoms with E-state index in [0.717, 1.165) is 25.2 Å². The quantitative estimate of drug-likeness (QED) is 0.209. The molecule has 3 unspecified atom stereocenters. The van der Waals surface area contributed by atoms with Gasteiger partial charge in [0, 0.05) is 21.9 Å². The van der Waals surface area contributed by atoms with Crippen LogP contribution >= 0.6 is 39.8 Å². The van der Waals surface area contributed by atoms with E-state index in [-0.39, 0.29) is 0 Å². The van der Waals surface area contributed by atoms with Crippen molar-refractivity contribution in [2.45, 2.75) is 63.8 Å². The van der Waals surface area contributed by atoms with Crippen molar-refractivity contribution in [3.8, 4) is 0 Å². The van der Waals surface area contributed by atoms with Gasteiger partial charge in [0.25, 0.3) is 0 Å². The molecule has 4 rings (SSSR count). The van der Waals surface area contributed by atoms with E-state index < -0.39 is 0 Å². The topological polar surface area (TPSA) is 18.5 Å². The molecule has 2 aliphatic rings. The number of hydrogen-bond acceptors (Lipinski definition) is 3. The van der Waals surface area contributed by atoms with Crippen LogP contribution < -0.4 is 0 Å². The molecule has 0 radical (unpaired) electrons. The van der Waals surface area contributed by atoms with Gasteiger partial charge in [0.05, 0.1) is 24.8 Å². The van der Waals surface area contributed by atoms with Crippen LogP contribution in [0.3, 0.4) is 0 Å². The van der Waals surface area contributed by atoms with Crippen molar-refractivity contribution < 1.29 is 9.26 Å². The lowest BCUT2D eigenvalue weighted by Gasteiger charge is -2.33. The summed E-state index contributed by atoms with van der Waals surface area (Å²) in [4.78, 5) is 1.44. The summed E-state index contributed by atoms with van der Waals surface area (Å²) in [6, 6.07) is 11.0. The van der Waals surface area contributed by atoms with Crippen molar-refractivity contribution >= 4 is 49.9 Å². The van der Waals surface area contributed by atoms with Crippen molar-refractivity contribution in [1.29, 1.82) is 0 Å². The standard InChI is InChI=1S/C22H28IO2PS/c1-15(16-7-4-8-16)24-19-12-17(21(14-19)25-26-23)9-5-10-20-13-18-6-2-3-11-22(18)27-20/h2-3,5-6,9,11,13,15-17,19,21,26H,4,7-8,10,12,14H2,1H3/b9-5+/t15?,17?,19-,21-/m1/s1. The number of ether oxygens (including phenoxy) is 1. The van der Waals surface area contributed by atoms with Gasteiger partial charge in [-0.1, -0.05) is 36.8 Å². The van der Waals surface area contributed by atoms with Crippen molar-refractivity contribution in [3.05, 3.63) is 47.4 Å². The zero-order valence-corrected chi connectivity index (χ0v) is 19.7. The highest BCUT2D eigenvalue weighted by atomic mass is 127. The van der Waals surface area contributed by atoms with Crippen molar-refractivity contribution in [3.63, 3.8) is 0 Å². The summed E-state index contributed by atoms with van der Waals surface area (Å²) in [6.45, 7) is 2.79. The second-order valence-electron chi connectivity index (χ2n) is 7.91. The molecule has 146 valence electrons. The molecule has 2 fully saturated rings. The Hall–Kier alpha value is 0. The van der Waals surface area contributed by atoms with Gasteiger partial charge in [-0.25, -0.2) is 0 Å². The maximum absolute atomic E-state index is 6.42. The first kappa shape index (κ1) is 20.3. The smallest absolute Gasteiger partial charge is 0.0797 e. The maximum Gasteiger partial charge on any atom is 0.0797 e. The minimum Gasteiger partial charge on any atom is -0.375 e. The van der Waals surface area contributed by atoms with Crippen LogP contribution in [-0.4, -0.2) is 18.3 Å².